The predicted molar refractivity (Wildman–Crippen MR) is 136 cm³/mol. The second-order valence-electron chi connectivity index (χ2n) is 8.93. The van der Waals surface area contributed by atoms with Gasteiger partial charge in [-0.1, -0.05) is 79.4 Å². The molecule has 4 rings (SSSR count). The van der Waals surface area contributed by atoms with Crippen LogP contribution >= 0.6 is 11.6 Å². The summed E-state index contributed by atoms with van der Waals surface area (Å²) in [6.45, 7) is 1.93. The van der Waals surface area contributed by atoms with E-state index in [2.05, 4.69) is 5.32 Å². The van der Waals surface area contributed by atoms with Crippen molar-refractivity contribution in [2.45, 2.75) is 57.7 Å². The number of carbonyl (C=O) groups is 2. The largest absolute Gasteiger partial charge is 0.483 e. The Labute approximate surface area is 206 Å². The average Bonchev–Trinajstić information content (AvgIpc) is 2.87. The van der Waals surface area contributed by atoms with Crippen LogP contribution in [0.4, 0.5) is 0 Å². The minimum absolute atomic E-state index is 0.126. The fourth-order valence-corrected chi connectivity index (χ4v) is 4.61. The third kappa shape index (κ3) is 6.09. The van der Waals surface area contributed by atoms with Gasteiger partial charge in [0.2, 0.25) is 5.91 Å². The van der Waals surface area contributed by atoms with Crippen molar-refractivity contribution in [2.75, 3.05) is 6.61 Å². The molecule has 0 unspecified atom stereocenters. The molecule has 0 aliphatic heterocycles. The molecule has 0 saturated heterocycles. The van der Waals surface area contributed by atoms with Gasteiger partial charge in [0.15, 0.2) is 6.61 Å². The zero-order valence-corrected chi connectivity index (χ0v) is 20.3. The number of nitrogens with one attached hydrogen (secondary N) is 1. The number of rotatable bonds is 8. The molecule has 178 valence electrons. The lowest BCUT2D eigenvalue weighted by Gasteiger charge is -2.31. The summed E-state index contributed by atoms with van der Waals surface area (Å²) >= 11 is 6.03. The fraction of sp³-hybridized carbons (Fsp3) is 0.357. The Morgan fingerprint density at radius 1 is 1.00 bits per heavy atom. The maximum Gasteiger partial charge on any atom is 0.261 e. The van der Waals surface area contributed by atoms with Crippen molar-refractivity contribution in [3.8, 4) is 5.75 Å². The summed E-state index contributed by atoms with van der Waals surface area (Å²) in [6, 6.07) is 20.6. The Morgan fingerprint density at radius 2 is 1.71 bits per heavy atom. The highest BCUT2D eigenvalue weighted by atomic mass is 35.5. The van der Waals surface area contributed by atoms with E-state index in [-0.39, 0.29) is 24.5 Å². The molecule has 34 heavy (non-hydrogen) atoms. The predicted octanol–water partition coefficient (Wildman–Crippen LogP) is 5.74. The van der Waals surface area contributed by atoms with Gasteiger partial charge in [-0.05, 0) is 48.9 Å². The molecule has 5 nitrogen and oxygen atoms in total. The van der Waals surface area contributed by atoms with E-state index in [4.69, 9.17) is 16.3 Å². The first-order valence-corrected chi connectivity index (χ1v) is 12.3. The Morgan fingerprint density at radius 3 is 2.47 bits per heavy atom. The van der Waals surface area contributed by atoms with Gasteiger partial charge in [0, 0.05) is 23.0 Å². The van der Waals surface area contributed by atoms with E-state index in [1.165, 1.54) is 6.42 Å². The van der Waals surface area contributed by atoms with Crippen LogP contribution in [0.5, 0.6) is 5.75 Å². The van der Waals surface area contributed by atoms with Gasteiger partial charge in [0.25, 0.3) is 5.91 Å². The van der Waals surface area contributed by atoms with Crippen molar-refractivity contribution in [3.63, 3.8) is 0 Å². The molecule has 1 aliphatic rings. The lowest BCUT2D eigenvalue weighted by atomic mass is 9.95. The van der Waals surface area contributed by atoms with Crippen LogP contribution in [0.1, 0.15) is 44.6 Å². The van der Waals surface area contributed by atoms with Crippen LogP contribution in [-0.2, 0) is 16.1 Å². The number of fused-ring (bicyclic) bond motifs is 1. The quantitative estimate of drug-likeness (QED) is 0.449. The molecule has 0 aromatic heterocycles. The first kappa shape index (κ1) is 24.1. The number of ether oxygens (including phenoxy) is 1. The maximum atomic E-state index is 13.4. The Balaban J connectivity index is 1.49. The van der Waals surface area contributed by atoms with Crippen molar-refractivity contribution >= 4 is 34.2 Å². The normalized spacial score (nSPS) is 15.0. The van der Waals surface area contributed by atoms with Gasteiger partial charge >= 0.3 is 0 Å². The van der Waals surface area contributed by atoms with Crippen molar-refractivity contribution in [1.82, 2.24) is 10.2 Å². The Kier molecular flexibility index (Phi) is 8.07. The van der Waals surface area contributed by atoms with Gasteiger partial charge < -0.3 is 15.0 Å². The molecule has 0 heterocycles. The molecule has 0 radical (unpaired) electrons. The molecular weight excluding hydrogens is 448 g/mol. The second kappa shape index (κ2) is 11.4. The van der Waals surface area contributed by atoms with Crippen LogP contribution in [-0.4, -0.2) is 35.4 Å². The average molecular weight is 479 g/mol. The summed E-state index contributed by atoms with van der Waals surface area (Å²) < 4.78 is 5.95. The number of nitrogens with zero attached hydrogens (tertiary/aromatic N) is 1. The number of hydrogen-bond acceptors (Lipinski definition) is 3. The summed E-state index contributed by atoms with van der Waals surface area (Å²) in [4.78, 5) is 28.0. The summed E-state index contributed by atoms with van der Waals surface area (Å²) in [5, 5.41) is 5.78. The van der Waals surface area contributed by atoms with Gasteiger partial charge in [-0.25, -0.2) is 0 Å². The molecular formula is C28H31ClN2O3. The third-order valence-corrected chi connectivity index (χ3v) is 6.74. The van der Waals surface area contributed by atoms with Crippen LogP contribution in [0, 0.1) is 0 Å². The first-order chi connectivity index (χ1) is 16.5. The zero-order chi connectivity index (χ0) is 23.9. The highest BCUT2D eigenvalue weighted by molar-refractivity contribution is 6.30. The molecule has 6 heteroatoms. The van der Waals surface area contributed by atoms with Crippen molar-refractivity contribution in [3.05, 3.63) is 77.3 Å². The standard InChI is InChI=1S/C28H31ClN2O3/c1-20(28(33)30-24-10-3-2-4-11-24)31(18-21-14-16-23(29)17-15-21)27(32)19-34-26-13-7-9-22-8-5-6-12-25(22)26/h5-9,12-17,20,24H,2-4,10-11,18-19H2,1H3,(H,30,33)/t20-/m1/s1. The van der Waals surface area contributed by atoms with Crippen LogP contribution in [0.25, 0.3) is 10.8 Å². The number of amides is 2. The number of carbonyl (C=O) groups excluding carboxylic acids is 2. The van der Waals surface area contributed by atoms with E-state index in [1.807, 2.05) is 54.6 Å². The topological polar surface area (TPSA) is 58.6 Å². The second-order valence-corrected chi connectivity index (χ2v) is 9.37. The molecule has 1 N–H and O–H groups in total. The summed E-state index contributed by atoms with van der Waals surface area (Å²) in [6.07, 6.45) is 5.47. The monoisotopic (exact) mass is 478 g/mol. The van der Waals surface area contributed by atoms with Gasteiger partial charge in [-0.3, -0.25) is 9.59 Å². The van der Waals surface area contributed by atoms with Gasteiger partial charge in [0.1, 0.15) is 11.8 Å². The van der Waals surface area contributed by atoms with Crippen LogP contribution in [0.2, 0.25) is 5.02 Å². The maximum absolute atomic E-state index is 13.4. The Hall–Kier alpha value is -3.05. The summed E-state index contributed by atoms with van der Waals surface area (Å²) in [7, 11) is 0. The molecule has 1 atom stereocenters. The van der Waals surface area contributed by atoms with E-state index >= 15 is 0 Å². The Bertz CT molecular complexity index is 1120. The van der Waals surface area contributed by atoms with Crippen molar-refractivity contribution in [2.24, 2.45) is 0 Å². The molecule has 1 saturated carbocycles. The summed E-state index contributed by atoms with van der Waals surface area (Å²) in [5.74, 6) is 0.283. The molecule has 3 aromatic carbocycles. The highest BCUT2D eigenvalue weighted by Gasteiger charge is 2.28. The minimum atomic E-state index is -0.624. The van der Waals surface area contributed by atoms with E-state index in [0.29, 0.717) is 17.3 Å². The van der Waals surface area contributed by atoms with E-state index in [0.717, 1.165) is 42.0 Å². The minimum Gasteiger partial charge on any atom is -0.483 e. The van der Waals surface area contributed by atoms with Crippen LogP contribution in [0.15, 0.2) is 66.7 Å². The summed E-state index contributed by atoms with van der Waals surface area (Å²) in [5.41, 5.74) is 0.903. The van der Waals surface area contributed by atoms with Crippen molar-refractivity contribution in [1.29, 1.82) is 0 Å². The molecule has 2 amide bonds. The molecule has 1 fully saturated rings. The van der Waals surface area contributed by atoms with Crippen LogP contribution < -0.4 is 10.1 Å². The smallest absolute Gasteiger partial charge is 0.261 e. The molecule has 3 aromatic rings. The first-order valence-electron chi connectivity index (χ1n) is 12.0. The number of hydrogen-bond donors (Lipinski definition) is 1. The number of halogens is 1. The van der Waals surface area contributed by atoms with Crippen LogP contribution in [0.3, 0.4) is 0 Å². The molecule has 1 aliphatic carbocycles. The van der Waals surface area contributed by atoms with Gasteiger partial charge in [-0.2, -0.15) is 0 Å². The fourth-order valence-electron chi connectivity index (χ4n) is 4.48. The van der Waals surface area contributed by atoms with E-state index in [1.54, 1.807) is 24.0 Å². The molecule has 0 bridgehead atoms. The lowest BCUT2D eigenvalue weighted by molar-refractivity contribution is -0.142. The zero-order valence-electron chi connectivity index (χ0n) is 19.5. The molecule has 0 spiro atoms. The van der Waals surface area contributed by atoms with E-state index in [9.17, 15) is 9.59 Å². The SMILES string of the molecule is C[C@H](C(=O)NC1CCCCC1)N(Cc1ccc(Cl)cc1)C(=O)COc1cccc2ccccc12. The third-order valence-electron chi connectivity index (χ3n) is 6.49. The van der Waals surface area contributed by atoms with Gasteiger partial charge in [-0.15, -0.1) is 0 Å². The lowest BCUT2D eigenvalue weighted by Crippen LogP contribution is -2.51. The highest BCUT2D eigenvalue weighted by Crippen LogP contribution is 2.25. The van der Waals surface area contributed by atoms with E-state index < -0.39 is 6.04 Å². The van der Waals surface area contributed by atoms with Crippen molar-refractivity contribution < 1.29 is 14.3 Å². The number of benzene rings is 3. The van der Waals surface area contributed by atoms with Gasteiger partial charge in [0.05, 0.1) is 0 Å².